The highest BCUT2D eigenvalue weighted by atomic mass is 35.5. The van der Waals surface area contributed by atoms with Crippen LogP contribution < -0.4 is 5.32 Å². The number of nitrogens with one attached hydrogen (secondary N) is 1. The summed E-state index contributed by atoms with van der Waals surface area (Å²) < 4.78 is 4.24. The number of halogens is 1. The number of fused-ring (bicyclic) bond motifs is 6. The van der Waals surface area contributed by atoms with E-state index in [4.69, 9.17) is 16.6 Å². The summed E-state index contributed by atoms with van der Waals surface area (Å²) in [5.41, 5.74) is 5.85. The van der Waals surface area contributed by atoms with Gasteiger partial charge in [0.15, 0.2) is 11.3 Å². The van der Waals surface area contributed by atoms with Crippen molar-refractivity contribution < 1.29 is 0 Å². The van der Waals surface area contributed by atoms with Crippen molar-refractivity contribution in [1.29, 1.82) is 0 Å². The number of pyridine rings is 1. The molecule has 1 aliphatic heterocycles. The van der Waals surface area contributed by atoms with Crippen molar-refractivity contribution in [3.05, 3.63) is 83.8 Å². The van der Waals surface area contributed by atoms with E-state index in [-0.39, 0.29) is 6.17 Å². The standard InChI is InChI=1S/C21H14ClN5/c22-19-18(26-12-6-5-11-17(26)25-19)21-23-14-8-2-1-7-13(14)20-24-15-9-3-4-10-16(15)27(20)21/h1-12,21,23H/t21-/m0/s1. The molecule has 1 N–H and O–H groups in total. The van der Waals surface area contributed by atoms with Crippen molar-refractivity contribution in [3.8, 4) is 11.4 Å². The Bertz CT molecular complexity index is 1330. The van der Waals surface area contributed by atoms with E-state index in [1.54, 1.807) is 0 Å². The smallest absolute Gasteiger partial charge is 0.155 e. The number of hydrogen-bond donors (Lipinski definition) is 1. The van der Waals surface area contributed by atoms with Crippen LogP contribution in [-0.4, -0.2) is 18.9 Å². The Balaban J connectivity index is 1.72. The van der Waals surface area contributed by atoms with Crippen LogP contribution in [0.25, 0.3) is 28.1 Å². The topological polar surface area (TPSA) is 47.1 Å². The monoisotopic (exact) mass is 371 g/mol. The predicted molar refractivity (Wildman–Crippen MR) is 107 cm³/mol. The Morgan fingerprint density at radius 2 is 1.70 bits per heavy atom. The Kier molecular flexibility index (Phi) is 2.93. The van der Waals surface area contributed by atoms with E-state index in [2.05, 4.69) is 33.1 Å². The van der Waals surface area contributed by atoms with Gasteiger partial charge in [-0.15, -0.1) is 0 Å². The van der Waals surface area contributed by atoms with Gasteiger partial charge in [0.05, 0.1) is 11.0 Å². The minimum Gasteiger partial charge on any atom is -0.359 e. The molecule has 130 valence electrons. The van der Waals surface area contributed by atoms with Crippen molar-refractivity contribution in [1.82, 2.24) is 18.9 Å². The highest BCUT2D eigenvalue weighted by Crippen LogP contribution is 2.41. The van der Waals surface area contributed by atoms with E-state index >= 15 is 0 Å². The summed E-state index contributed by atoms with van der Waals surface area (Å²) in [6, 6.07) is 22.3. The SMILES string of the molecule is Clc1nc2ccccn2c1[C@H]1Nc2ccccc2-c2nc3ccccc3n21. The summed E-state index contributed by atoms with van der Waals surface area (Å²) in [6.45, 7) is 0. The summed E-state index contributed by atoms with van der Waals surface area (Å²) in [4.78, 5) is 9.45. The molecular formula is C21H14ClN5. The number of anilines is 1. The summed E-state index contributed by atoms with van der Waals surface area (Å²) >= 11 is 6.61. The molecule has 5 aromatic rings. The van der Waals surface area contributed by atoms with Crippen LogP contribution in [0.1, 0.15) is 11.9 Å². The van der Waals surface area contributed by atoms with Gasteiger partial charge in [-0.3, -0.25) is 8.97 Å². The second kappa shape index (κ2) is 5.34. The molecule has 3 aromatic heterocycles. The molecule has 0 saturated heterocycles. The maximum absolute atomic E-state index is 6.61. The van der Waals surface area contributed by atoms with Gasteiger partial charge in [-0.25, -0.2) is 9.97 Å². The number of imidazole rings is 2. The van der Waals surface area contributed by atoms with Crippen LogP contribution in [0, 0.1) is 0 Å². The number of hydrogen-bond acceptors (Lipinski definition) is 3. The third-order valence-electron chi connectivity index (χ3n) is 5.10. The van der Waals surface area contributed by atoms with E-state index in [0.29, 0.717) is 5.15 Å². The minimum absolute atomic E-state index is 0.216. The number of benzene rings is 2. The maximum atomic E-state index is 6.61. The molecule has 0 fully saturated rings. The van der Waals surface area contributed by atoms with Crippen molar-refractivity contribution in [2.24, 2.45) is 0 Å². The van der Waals surface area contributed by atoms with Gasteiger partial charge in [0.1, 0.15) is 17.2 Å². The Morgan fingerprint density at radius 1 is 0.889 bits per heavy atom. The zero-order valence-electron chi connectivity index (χ0n) is 14.2. The quantitative estimate of drug-likeness (QED) is 0.452. The zero-order chi connectivity index (χ0) is 18.0. The first-order valence-corrected chi connectivity index (χ1v) is 9.14. The van der Waals surface area contributed by atoms with Gasteiger partial charge < -0.3 is 5.32 Å². The molecule has 27 heavy (non-hydrogen) atoms. The predicted octanol–water partition coefficient (Wildman–Crippen LogP) is 4.98. The molecule has 0 radical (unpaired) electrons. The second-order valence-electron chi connectivity index (χ2n) is 6.60. The lowest BCUT2D eigenvalue weighted by Gasteiger charge is -2.30. The van der Waals surface area contributed by atoms with Crippen LogP contribution in [0.4, 0.5) is 5.69 Å². The molecule has 2 aromatic carbocycles. The highest BCUT2D eigenvalue weighted by Gasteiger charge is 2.31. The second-order valence-corrected chi connectivity index (χ2v) is 6.96. The van der Waals surface area contributed by atoms with Crippen LogP contribution in [0.2, 0.25) is 5.15 Å². The Morgan fingerprint density at radius 3 is 2.67 bits per heavy atom. The van der Waals surface area contributed by atoms with E-state index < -0.39 is 0 Å². The molecule has 0 spiro atoms. The van der Waals surface area contributed by atoms with Crippen molar-refractivity contribution in [2.75, 3.05) is 5.32 Å². The molecule has 0 saturated carbocycles. The van der Waals surface area contributed by atoms with Crippen LogP contribution in [-0.2, 0) is 0 Å². The average Bonchev–Trinajstić information content (AvgIpc) is 3.25. The molecule has 0 aliphatic carbocycles. The molecule has 0 unspecified atom stereocenters. The third kappa shape index (κ3) is 2.00. The lowest BCUT2D eigenvalue weighted by Crippen LogP contribution is -2.26. The molecular weight excluding hydrogens is 358 g/mol. The lowest BCUT2D eigenvalue weighted by molar-refractivity contribution is 0.644. The van der Waals surface area contributed by atoms with E-state index in [0.717, 1.165) is 39.4 Å². The van der Waals surface area contributed by atoms with Gasteiger partial charge in [-0.1, -0.05) is 41.9 Å². The number of nitrogens with zero attached hydrogens (tertiary/aromatic N) is 4. The molecule has 0 bridgehead atoms. The van der Waals surface area contributed by atoms with Gasteiger partial charge in [0.2, 0.25) is 0 Å². The van der Waals surface area contributed by atoms with Crippen LogP contribution in [0.15, 0.2) is 72.9 Å². The van der Waals surface area contributed by atoms with Gasteiger partial charge in [-0.2, -0.15) is 0 Å². The van der Waals surface area contributed by atoms with Gasteiger partial charge in [0.25, 0.3) is 0 Å². The van der Waals surface area contributed by atoms with Crippen LogP contribution in [0.5, 0.6) is 0 Å². The van der Waals surface area contributed by atoms with Gasteiger partial charge >= 0.3 is 0 Å². The molecule has 5 nitrogen and oxygen atoms in total. The Hall–Kier alpha value is -3.31. The number of para-hydroxylation sites is 3. The van der Waals surface area contributed by atoms with Crippen molar-refractivity contribution in [3.63, 3.8) is 0 Å². The fraction of sp³-hybridized carbons (Fsp3) is 0.0476. The summed E-state index contributed by atoms with van der Waals surface area (Å²) in [5.74, 6) is 0.928. The normalized spacial score (nSPS) is 15.5. The number of rotatable bonds is 1. The highest BCUT2D eigenvalue weighted by molar-refractivity contribution is 6.30. The average molecular weight is 372 g/mol. The fourth-order valence-corrected chi connectivity index (χ4v) is 4.21. The molecule has 0 amide bonds. The van der Waals surface area contributed by atoms with Crippen molar-refractivity contribution in [2.45, 2.75) is 6.17 Å². The van der Waals surface area contributed by atoms with Gasteiger partial charge in [0, 0.05) is 17.4 Å². The summed E-state index contributed by atoms with van der Waals surface area (Å²) in [7, 11) is 0. The molecule has 1 atom stereocenters. The first kappa shape index (κ1) is 14.8. The minimum atomic E-state index is -0.216. The summed E-state index contributed by atoms with van der Waals surface area (Å²) in [6.07, 6.45) is 1.78. The van der Waals surface area contributed by atoms with E-state index in [1.807, 2.05) is 59.1 Å². The molecule has 4 heterocycles. The van der Waals surface area contributed by atoms with Crippen LogP contribution in [0.3, 0.4) is 0 Å². The lowest BCUT2D eigenvalue weighted by atomic mass is 10.1. The molecule has 6 rings (SSSR count). The molecule has 1 aliphatic rings. The largest absolute Gasteiger partial charge is 0.359 e. The van der Waals surface area contributed by atoms with Crippen molar-refractivity contribution >= 4 is 34.0 Å². The van der Waals surface area contributed by atoms with E-state index in [1.165, 1.54) is 0 Å². The number of aromatic nitrogens is 4. The Labute approximate surface area is 159 Å². The van der Waals surface area contributed by atoms with Gasteiger partial charge in [-0.05, 0) is 36.4 Å². The van der Waals surface area contributed by atoms with E-state index in [9.17, 15) is 0 Å². The molecule has 6 heteroatoms. The maximum Gasteiger partial charge on any atom is 0.155 e. The first-order chi connectivity index (χ1) is 13.3. The first-order valence-electron chi connectivity index (χ1n) is 8.76. The van der Waals surface area contributed by atoms with Crippen LogP contribution >= 0.6 is 11.6 Å². The third-order valence-corrected chi connectivity index (χ3v) is 5.37. The summed E-state index contributed by atoms with van der Waals surface area (Å²) in [5, 5.41) is 4.13. The fourth-order valence-electron chi connectivity index (χ4n) is 3.93. The zero-order valence-corrected chi connectivity index (χ0v) is 14.9.